The summed E-state index contributed by atoms with van der Waals surface area (Å²) < 4.78 is 19.5. The molecule has 0 aliphatic carbocycles. The first-order valence-electron chi connectivity index (χ1n) is 10.3. The second-order valence-corrected chi connectivity index (χ2v) is 10.6. The van der Waals surface area contributed by atoms with Crippen molar-refractivity contribution in [3.05, 3.63) is 101 Å². The van der Waals surface area contributed by atoms with E-state index in [-0.39, 0.29) is 19.2 Å². The summed E-state index contributed by atoms with van der Waals surface area (Å²) >= 11 is 0. The molecular formula is C26H27O4P. The van der Waals surface area contributed by atoms with E-state index in [9.17, 15) is 14.2 Å². The number of aryl methyl sites for hydroxylation is 3. The minimum atomic E-state index is -3.54. The lowest BCUT2D eigenvalue weighted by atomic mass is 10.0. The van der Waals surface area contributed by atoms with Crippen LogP contribution in [0.5, 0.6) is 0 Å². The van der Waals surface area contributed by atoms with Crippen LogP contribution in [0.4, 0.5) is 0 Å². The standard InChI is InChI=1S/C26H27O4P/c1-19-16-20(2)25(21(3)17-19)26(28)31(29,23-12-8-5-9-13-23)15-14-24(27)30-18-22-10-6-4-7-11-22/h4-13,16-17H,14-15,18H2,1-3H3. The molecule has 31 heavy (non-hydrogen) atoms. The maximum atomic E-state index is 14.1. The van der Waals surface area contributed by atoms with E-state index in [2.05, 4.69) is 0 Å². The van der Waals surface area contributed by atoms with Crippen LogP contribution in [0.15, 0.2) is 72.8 Å². The Bertz CT molecular complexity index is 1100. The molecule has 4 nitrogen and oxygen atoms in total. The van der Waals surface area contributed by atoms with Crippen molar-refractivity contribution in [2.45, 2.75) is 33.8 Å². The van der Waals surface area contributed by atoms with Gasteiger partial charge in [-0.3, -0.25) is 9.59 Å². The Kier molecular flexibility index (Phi) is 7.25. The zero-order chi connectivity index (χ0) is 22.4. The van der Waals surface area contributed by atoms with Crippen LogP contribution in [-0.2, 0) is 20.7 Å². The van der Waals surface area contributed by atoms with Gasteiger partial charge in [-0.1, -0.05) is 78.4 Å². The number of hydrogen-bond donors (Lipinski definition) is 0. The molecule has 0 bridgehead atoms. The van der Waals surface area contributed by atoms with Gasteiger partial charge in [0.15, 0.2) is 7.14 Å². The quantitative estimate of drug-likeness (QED) is 0.343. The second kappa shape index (κ2) is 9.89. The molecule has 0 saturated carbocycles. The predicted octanol–water partition coefficient (Wildman–Crippen LogP) is 5.57. The summed E-state index contributed by atoms with van der Waals surface area (Å²) in [6, 6.07) is 22.0. The van der Waals surface area contributed by atoms with Crippen LogP contribution >= 0.6 is 7.14 Å². The van der Waals surface area contributed by atoms with Crippen LogP contribution < -0.4 is 5.30 Å². The third-order valence-corrected chi connectivity index (χ3v) is 8.13. The highest BCUT2D eigenvalue weighted by atomic mass is 31.2. The highest BCUT2D eigenvalue weighted by Gasteiger charge is 2.36. The van der Waals surface area contributed by atoms with Crippen molar-refractivity contribution in [2.75, 3.05) is 6.16 Å². The number of esters is 1. The maximum Gasteiger partial charge on any atom is 0.306 e. The van der Waals surface area contributed by atoms with Gasteiger partial charge in [0, 0.05) is 17.0 Å². The van der Waals surface area contributed by atoms with Crippen LogP contribution in [-0.4, -0.2) is 17.7 Å². The van der Waals surface area contributed by atoms with Crippen LogP contribution in [0.3, 0.4) is 0 Å². The molecule has 3 rings (SSSR count). The summed E-state index contributed by atoms with van der Waals surface area (Å²) in [4.78, 5) is 26.0. The summed E-state index contributed by atoms with van der Waals surface area (Å²) in [5, 5.41) is 0.468. The topological polar surface area (TPSA) is 60.4 Å². The molecule has 3 aromatic rings. The fraction of sp³-hybridized carbons (Fsp3) is 0.231. The third kappa shape index (κ3) is 5.39. The first-order chi connectivity index (χ1) is 14.8. The predicted molar refractivity (Wildman–Crippen MR) is 124 cm³/mol. The Balaban J connectivity index is 1.84. The molecule has 1 unspecified atom stereocenters. The molecule has 0 saturated heterocycles. The first-order valence-corrected chi connectivity index (χ1v) is 12.2. The zero-order valence-corrected chi connectivity index (χ0v) is 19.0. The van der Waals surface area contributed by atoms with E-state index in [1.54, 1.807) is 24.3 Å². The molecular weight excluding hydrogens is 407 g/mol. The van der Waals surface area contributed by atoms with Crippen molar-refractivity contribution in [1.82, 2.24) is 0 Å². The molecule has 0 aliphatic heterocycles. The van der Waals surface area contributed by atoms with Crippen molar-refractivity contribution in [2.24, 2.45) is 0 Å². The van der Waals surface area contributed by atoms with Gasteiger partial charge in [-0.15, -0.1) is 0 Å². The van der Waals surface area contributed by atoms with E-state index in [1.807, 2.05) is 69.3 Å². The van der Waals surface area contributed by atoms with E-state index in [4.69, 9.17) is 4.74 Å². The molecule has 0 aromatic heterocycles. The van der Waals surface area contributed by atoms with Gasteiger partial charge in [0.25, 0.3) is 0 Å². The fourth-order valence-corrected chi connectivity index (χ4v) is 6.33. The zero-order valence-electron chi connectivity index (χ0n) is 18.1. The van der Waals surface area contributed by atoms with Gasteiger partial charge in [0.1, 0.15) is 6.61 Å². The van der Waals surface area contributed by atoms with Crippen molar-refractivity contribution >= 4 is 23.9 Å². The first kappa shape index (κ1) is 22.7. The largest absolute Gasteiger partial charge is 0.461 e. The van der Waals surface area contributed by atoms with Crippen molar-refractivity contribution in [1.29, 1.82) is 0 Å². The number of benzene rings is 3. The Labute approximate surface area is 183 Å². The van der Waals surface area contributed by atoms with Crippen LogP contribution in [0.25, 0.3) is 0 Å². The maximum absolute atomic E-state index is 14.1. The number of rotatable bonds is 8. The lowest BCUT2D eigenvalue weighted by Crippen LogP contribution is -2.20. The van der Waals surface area contributed by atoms with Gasteiger partial charge in [-0.05, 0) is 37.5 Å². The van der Waals surface area contributed by atoms with Gasteiger partial charge in [0.05, 0.1) is 6.42 Å². The van der Waals surface area contributed by atoms with Gasteiger partial charge in [-0.25, -0.2) is 0 Å². The van der Waals surface area contributed by atoms with Crippen molar-refractivity contribution < 1.29 is 18.9 Å². The van der Waals surface area contributed by atoms with Crippen molar-refractivity contribution in [3.8, 4) is 0 Å². The van der Waals surface area contributed by atoms with E-state index in [0.29, 0.717) is 10.9 Å². The number of carbonyl (C=O) groups excluding carboxylic acids is 2. The Morgan fingerprint density at radius 1 is 0.839 bits per heavy atom. The monoisotopic (exact) mass is 434 g/mol. The molecule has 0 fully saturated rings. The molecule has 0 N–H and O–H groups in total. The summed E-state index contributed by atoms with van der Waals surface area (Å²) in [6.45, 7) is 5.83. The average Bonchev–Trinajstić information content (AvgIpc) is 2.76. The van der Waals surface area contributed by atoms with E-state index in [0.717, 1.165) is 22.3 Å². The lowest BCUT2D eigenvalue weighted by Gasteiger charge is -2.20. The molecule has 0 spiro atoms. The molecule has 3 aromatic carbocycles. The number of hydrogen-bond acceptors (Lipinski definition) is 4. The highest BCUT2D eigenvalue weighted by molar-refractivity contribution is 7.87. The van der Waals surface area contributed by atoms with Gasteiger partial charge >= 0.3 is 5.97 Å². The summed E-state index contributed by atoms with van der Waals surface area (Å²) in [7, 11) is -3.54. The Morgan fingerprint density at radius 3 is 1.97 bits per heavy atom. The molecule has 160 valence electrons. The summed E-state index contributed by atoms with van der Waals surface area (Å²) in [5.41, 5.74) is 3.60. The van der Waals surface area contributed by atoms with Crippen molar-refractivity contribution in [3.63, 3.8) is 0 Å². The van der Waals surface area contributed by atoms with Gasteiger partial charge < -0.3 is 9.30 Å². The molecule has 1 atom stereocenters. The Morgan fingerprint density at radius 2 is 1.39 bits per heavy atom. The molecule has 0 aliphatic rings. The van der Waals surface area contributed by atoms with E-state index >= 15 is 0 Å². The molecule has 0 amide bonds. The third-order valence-electron chi connectivity index (χ3n) is 5.27. The molecule has 0 radical (unpaired) electrons. The summed E-state index contributed by atoms with van der Waals surface area (Å²) in [6.07, 6.45) is -0.148. The molecule has 0 heterocycles. The van der Waals surface area contributed by atoms with E-state index in [1.165, 1.54) is 0 Å². The van der Waals surface area contributed by atoms with Crippen LogP contribution in [0.2, 0.25) is 0 Å². The van der Waals surface area contributed by atoms with Gasteiger partial charge in [-0.2, -0.15) is 0 Å². The van der Waals surface area contributed by atoms with Crippen LogP contribution in [0.1, 0.15) is 39.0 Å². The highest BCUT2D eigenvalue weighted by Crippen LogP contribution is 2.49. The molecule has 5 heteroatoms. The minimum Gasteiger partial charge on any atom is -0.461 e. The number of ether oxygens (including phenoxy) is 1. The van der Waals surface area contributed by atoms with Gasteiger partial charge in [0.2, 0.25) is 5.52 Å². The smallest absolute Gasteiger partial charge is 0.306 e. The average molecular weight is 434 g/mol. The fourth-order valence-electron chi connectivity index (χ4n) is 3.77. The summed E-state index contributed by atoms with van der Waals surface area (Å²) in [5.74, 6) is -0.467. The lowest BCUT2D eigenvalue weighted by molar-refractivity contribution is -0.144. The van der Waals surface area contributed by atoms with E-state index < -0.39 is 18.6 Å². The van der Waals surface area contributed by atoms with Crippen LogP contribution in [0, 0.1) is 20.8 Å². The normalized spacial score (nSPS) is 12.7. The SMILES string of the molecule is Cc1cc(C)c(C(=O)P(=O)(CCC(=O)OCc2ccccc2)c2ccccc2)c(C)c1. The minimum absolute atomic E-state index is 0.0593. The second-order valence-electron chi connectivity index (χ2n) is 7.77. The number of carbonyl (C=O) groups is 2. The Hall–Kier alpha value is -2.97.